The van der Waals surface area contributed by atoms with Gasteiger partial charge in [0.15, 0.2) is 23.3 Å². The molecule has 1 N–H and O–H groups in total. The second-order valence-corrected chi connectivity index (χ2v) is 6.62. The molecule has 0 aliphatic heterocycles. The Morgan fingerprint density at radius 2 is 1.30 bits per heavy atom. The molecule has 2 aromatic carbocycles. The van der Waals surface area contributed by atoms with Gasteiger partial charge in [-0.2, -0.15) is 26.3 Å². The summed E-state index contributed by atoms with van der Waals surface area (Å²) in [5.74, 6) is -10.2. The third-order valence-corrected chi connectivity index (χ3v) is 4.51. The monoisotopic (exact) mass is 486 g/mol. The number of hydrogen-bond acceptors (Lipinski definition) is 2. The second-order valence-electron chi connectivity index (χ2n) is 6.62. The van der Waals surface area contributed by atoms with Crippen molar-refractivity contribution in [3.8, 4) is 5.69 Å². The summed E-state index contributed by atoms with van der Waals surface area (Å²) >= 11 is 0. The minimum absolute atomic E-state index is 0.171. The van der Waals surface area contributed by atoms with Crippen molar-refractivity contribution in [3.63, 3.8) is 0 Å². The number of hydrogen-bond donors (Lipinski definition) is 1. The lowest BCUT2D eigenvalue weighted by molar-refractivity contribution is -0.143. The molecule has 1 heterocycles. The molecule has 0 spiro atoms. The van der Waals surface area contributed by atoms with E-state index in [0.717, 1.165) is 6.92 Å². The molecule has 0 aliphatic carbocycles. The number of nitrogens with zero attached hydrogens (tertiary/aromatic N) is 1. The van der Waals surface area contributed by atoms with Crippen molar-refractivity contribution in [2.24, 2.45) is 0 Å². The smallest absolute Gasteiger partial charge is 0.294 e. The first-order valence-corrected chi connectivity index (χ1v) is 8.54. The molecule has 3 aromatic rings. The van der Waals surface area contributed by atoms with E-state index in [0.29, 0.717) is 6.07 Å². The third kappa shape index (κ3) is 4.00. The highest BCUT2D eigenvalue weighted by molar-refractivity contribution is 6.11. The summed E-state index contributed by atoms with van der Waals surface area (Å²) in [5, 5.41) is 1.84. The molecule has 176 valence electrons. The summed E-state index contributed by atoms with van der Waals surface area (Å²) in [6.07, 6.45) is -10.9. The quantitative estimate of drug-likeness (QED) is 0.311. The third-order valence-electron chi connectivity index (χ3n) is 4.51. The van der Waals surface area contributed by atoms with Crippen LogP contribution in [0.2, 0.25) is 0 Å². The van der Waals surface area contributed by atoms with Crippen LogP contribution in [0.15, 0.2) is 29.1 Å². The van der Waals surface area contributed by atoms with Gasteiger partial charge >= 0.3 is 12.4 Å². The van der Waals surface area contributed by atoms with Gasteiger partial charge in [-0.3, -0.25) is 14.7 Å². The van der Waals surface area contributed by atoms with E-state index >= 15 is 0 Å². The predicted octanol–water partition coefficient (Wildman–Crippen LogP) is 5.30. The van der Waals surface area contributed by atoms with Crippen molar-refractivity contribution in [1.29, 1.82) is 0 Å². The lowest BCUT2D eigenvalue weighted by Gasteiger charge is -2.17. The first-order valence-electron chi connectivity index (χ1n) is 8.54. The summed E-state index contributed by atoms with van der Waals surface area (Å²) in [6.45, 7) is 0.820. The van der Waals surface area contributed by atoms with Crippen LogP contribution < -0.4 is 5.56 Å². The molecular weight excluding hydrogens is 478 g/mol. The van der Waals surface area contributed by atoms with Gasteiger partial charge in [0.2, 0.25) is 5.78 Å². The summed E-state index contributed by atoms with van der Waals surface area (Å²) in [4.78, 5) is 25.4. The normalized spacial score (nSPS) is 12.3. The van der Waals surface area contributed by atoms with Crippen LogP contribution in [0.1, 0.15) is 32.7 Å². The molecule has 4 nitrogen and oxygen atoms in total. The van der Waals surface area contributed by atoms with Crippen molar-refractivity contribution in [2.45, 2.75) is 19.3 Å². The van der Waals surface area contributed by atoms with Crippen LogP contribution in [0.5, 0.6) is 0 Å². The molecule has 0 bridgehead atoms. The molecule has 0 amide bonds. The van der Waals surface area contributed by atoms with Crippen LogP contribution in [0.25, 0.3) is 5.69 Å². The first-order chi connectivity index (χ1) is 15.1. The number of H-pyrrole nitrogens is 1. The lowest BCUT2D eigenvalue weighted by Crippen LogP contribution is -2.26. The Bertz CT molecular complexity index is 1270. The van der Waals surface area contributed by atoms with E-state index in [4.69, 9.17) is 0 Å². The Morgan fingerprint density at radius 1 is 0.848 bits per heavy atom. The van der Waals surface area contributed by atoms with Crippen LogP contribution >= 0.6 is 0 Å². The summed E-state index contributed by atoms with van der Waals surface area (Å²) in [7, 11) is 0. The molecular formula is C19H8F10N2O2. The Hall–Kier alpha value is -3.58. The van der Waals surface area contributed by atoms with E-state index in [-0.39, 0.29) is 22.9 Å². The molecule has 0 fully saturated rings. The van der Waals surface area contributed by atoms with Crippen LogP contribution in [0.4, 0.5) is 43.9 Å². The second kappa shape index (κ2) is 7.78. The molecule has 14 heteroatoms. The van der Waals surface area contributed by atoms with Gasteiger partial charge < -0.3 is 0 Å². The van der Waals surface area contributed by atoms with E-state index in [1.807, 2.05) is 5.10 Å². The standard InChI is InChI=1S/C19H8F10N2O2/c1-6-11(17(33)31(30-6)15-13(22)9(20)5-10(21)14(15)23)16(32)12-7(18(24,25)26)3-2-4-8(12)19(27,28)29/h2-5,30H,1H3. The average Bonchev–Trinajstić information content (AvgIpc) is 2.98. The number of benzene rings is 2. The van der Waals surface area contributed by atoms with Gasteiger partial charge in [-0.15, -0.1) is 0 Å². The number of ketones is 1. The highest BCUT2D eigenvalue weighted by Crippen LogP contribution is 2.40. The minimum Gasteiger partial charge on any atom is -0.294 e. The largest absolute Gasteiger partial charge is 0.417 e. The van der Waals surface area contributed by atoms with Gasteiger partial charge in [-0.05, 0) is 19.1 Å². The number of aromatic nitrogens is 2. The number of nitrogens with one attached hydrogen (secondary N) is 1. The Labute approximate surface area is 176 Å². The molecule has 0 saturated carbocycles. The first kappa shape index (κ1) is 24.1. The summed E-state index contributed by atoms with van der Waals surface area (Å²) < 4.78 is 135. The van der Waals surface area contributed by atoms with E-state index in [1.165, 1.54) is 0 Å². The van der Waals surface area contributed by atoms with Crippen LogP contribution in [-0.4, -0.2) is 15.6 Å². The van der Waals surface area contributed by atoms with Gasteiger partial charge in [0.25, 0.3) is 5.56 Å². The highest BCUT2D eigenvalue weighted by atomic mass is 19.4. The molecule has 1 aromatic heterocycles. The van der Waals surface area contributed by atoms with E-state index in [1.54, 1.807) is 0 Å². The van der Waals surface area contributed by atoms with E-state index < -0.39 is 80.6 Å². The lowest BCUT2D eigenvalue weighted by atomic mass is 9.93. The van der Waals surface area contributed by atoms with Crippen molar-refractivity contribution >= 4 is 5.78 Å². The number of carbonyl (C=O) groups is 1. The maximum Gasteiger partial charge on any atom is 0.417 e. The molecule has 3 rings (SSSR count). The van der Waals surface area contributed by atoms with Gasteiger partial charge in [0, 0.05) is 17.3 Å². The van der Waals surface area contributed by atoms with Gasteiger partial charge in [-0.1, -0.05) is 6.07 Å². The molecule has 0 saturated heterocycles. The van der Waals surface area contributed by atoms with Crippen molar-refractivity contribution in [2.75, 3.05) is 0 Å². The SMILES string of the molecule is Cc1[nH]n(-c2c(F)c(F)cc(F)c2F)c(=O)c1C(=O)c1c(C(F)(F)F)cccc1C(F)(F)F. The maximum absolute atomic E-state index is 14.1. The topological polar surface area (TPSA) is 54.9 Å². The zero-order valence-corrected chi connectivity index (χ0v) is 15.9. The van der Waals surface area contributed by atoms with Crippen molar-refractivity contribution < 1.29 is 48.7 Å². The zero-order chi connectivity index (χ0) is 25.0. The van der Waals surface area contributed by atoms with Crippen LogP contribution in [0, 0.1) is 30.2 Å². The summed E-state index contributed by atoms with van der Waals surface area (Å²) in [5.41, 5.74) is -11.6. The zero-order valence-electron chi connectivity index (χ0n) is 15.9. The Balaban J connectivity index is 2.35. The average molecular weight is 486 g/mol. The Morgan fingerprint density at radius 3 is 1.73 bits per heavy atom. The predicted molar refractivity (Wildman–Crippen MR) is 90.8 cm³/mol. The molecule has 0 aliphatic rings. The van der Waals surface area contributed by atoms with Crippen molar-refractivity contribution in [1.82, 2.24) is 9.78 Å². The number of aryl methyl sites for hydroxylation is 1. The number of carbonyl (C=O) groups excluding carboxylic acids is 1. The van der Waals surface area contributed by atoms with Gasteiger partial charge in [0.1, 0.15) is 11.3 Å². The molecule has 0 radical (unpaired) electrons. The molecule has 0 atom stereocenters. The van der Waals surface area contributed by atoms with E-state index in [2.05, 4.69) is 0 Å². The number of aromatic amines is 1. The van der Waals surface area contributed by atoms with Crippen molar-refractivity contribution in [3.05, 3.63) is 85.8 Å². The fraction of sp³-hybridized carbons (Fsp3) is 0.158. The van der Waals surface area contributed by atoms with Crippen LogP contribution in [0.3, 0.4) is 0 Å². The Kier molecular flexibility index (Phi) is 5.67. The highest BCUT2D eigenvalue weighted by Gasteiger charge is 2.44. The van der Waals surface area contributed by atoms with E-state index in [9.17, 15) is 53.5 Å². The summed E-state index contributed by atoms with van der Waals surface area (Å²) in [6, 6.07) is 0.537. The number of halogens is 10. The molecule has 0 unspecified atom stereocenters. The fourth-order valence-electron chi connectivity index (χ4n) is 3.12. The number of rotatable bonds is 3. The van der Waals surface area contributed by atoms with Gasteiger partial charge in [-0.25, -0.2) is 22.2 Å². The minimum atomic E-state index is -5.46. The van der Waals surface area contributed by atoms with Gasteiger partial charge in [0.05, 0.1) is 11.1 Å². The van der Waals surface area contributed by atoms with Crippen LogP contribution in [-0.2, 0) is 12.4 Å². The fourth-order valence-corrected chi connectivity index (χ4v) is 3.12. The number of alkyl halides is 6. The molecule has 33 heavy (non-hydrogen) atoms. The maximum atomic E-state index is 14.1.